The number of hydrogen-bond acceptors (Lipinski definition) is 3. The molecule has 1 fully saturated rings. The van der Waals surface area contributed by atoms with Crippen molar-refractivity contribution in [3.05, 3.63) is 0 Å². The van der Waals surface area contributed by atoms with Gasteiger partial charge in [0.1, 0.15) is 0 Å². The number of hydrogen-bond donors (Lipinski definition) is 1. The monoisotopic (exact) mass is 256 g/mol. The van der Waals surface area contributed by atoms with Crippen LogP contribution in [0.4, 0.5) is 0 Å². The largest absolute Gasteiger partial charge is 0.381 e. The second kappa shape index (κ2) is 6.88. The molecule has 1 heterocycles. The third-order valence-corrected chi connectivity index (χ3v) is 4.59. The Morgan fingerprint density at radius 2 is 2.11 bits per heavy atom. The number of nitrogens with one attached hydrogen (secondary N) is 1. The van der Waals surface area contributed by atoms with Crippen molar-refractivity contribution in [1.29, 1.82) is 0 Å². The van der Waals surface area contributed by atoms with Gasteiger partial charge in [-0.15, -0.1) is 0 Å². The van der Waals surface area contributed by atoms with E-state index in [4.69, 9.17) is 4.74 Å². The Morgan fingerprint density at radius 1 is 1.44 bits per heavy atom. The fraction of sp³-hybridized carbons (Fsp3) is 1.00. The van der Waals surface area contributed by atoms with Gasteiger partial charge in [0.15, 0.2) is 0 Å². The van der Waals surface area contributed by atoms with Crippen LogP contribution < -0.4 is 5.32 Å². The first kappa shape index (κ1) is 15.9. The summed E-state index contributed by atoms with van der Waals surface area (Å²) in [5, 5.41) is 3.56. The summed E-state index contributed by atoms with van der Waals surface area (Å²) in [6, 6.07) is 1.19. The molecule has 0 spiro atoms. The van der Waals surface area contributed by atoms with Crippen LogP contribution in [0.5, 0.6) is 0 Å². The predicted octanol–water partition coefficient (Wildman–Crippen LogP) is 2.51. The van der Waals surface area contributed by atoms with Gasteiger partial charge in [-0.3, -0.25) is 4.90 Å². The minimum absolute atomic E-state index is 0.310. The summed E-state index contributed by atoms with van der Waals surface area (Å²) < 4.78 is 5.49. The zero-order chi connectivity index (χ0) is 13.8. The molecule has 1 saturated heterocycles. The highest BCUT2D eigenvalue weighted by atomic mass is 16.5. The van der Waals surface area contributed by atoms with Crippen molar-refractivity contribution in [3.8, 4) is 0 Å². The van der Waals surface area contributed by atoms with Gasteiger partial charge in [-0.1, -0.05) is 20.8 Å². The molecule has 3 heteroatoms. The molecule has 3 nitrogen and oxygen atoms in total. The summed E-state index contributed by atoms with van der Waals surface area (Å²) in [4.78, 5) is 2.63. The highest BCUT2D eigenvalue weighted by Gasteiger charge is 2.32. The molecule has 0 aromatic carbocycles. The summed E-state index contributed by atoms with van der Waals surface area (Å²) in [6.07, 6.45) is 2.81. The lowest BCUT2D eigenvalue weighted by Gasteiger charge is -2.43. The summed E-state index contributed by atoms with van der Waals surface area (Å²) in [7, 11) is 1.84. The van der Waals surface area contributed by atoms with E-state index in [1.807, 2.05) is 7.11 Å². The Bertz CT molecular complexity index is 243. The number of likely N-dealkylation sites (tertiary alicyclic amines) is 1. The summed E-state index contributed by atoms with van der Waals surface area (Å²) in [5.74, 6) is 0. The smallest absolute Gasteiger partial charge is 0.0598 e. The van der Waals surface area contributed by atoms with Crippen LogP contribution in [0.15, 0.2) is 0 Å². The third-order valence-electron chi connectivity index (χ3n) is 4.59. The second-order valence-corrected chi connectivity index (χ2v) is 6.47. The van der Waals surface area contributed by atoms with Gasteiger partial charge in [-0.25, -0.2) is 0 Å². The number of piperidine rings is 1. The Labute approximate surface area is 113 Å². The maximum Gasteiger partial charge on any atom is 0.0598 e. The minimum Gasteiger partial charge on any atom is -0.381 e. The molecule has 1 aliphatic heterocycles. The van der Waals surface area contributed by atoms with Gasteiger partial charge in [0, 0.05) is 32.3 Å². The predicted molar refractivity (Wildman–Crippen MR) is 78.0 cm³/mol. The lowest BCUT2D eigenvalue weighted by molar-refractivity contribution is -0.000830. The Balaban J connectivity index is 2.51. The van der Waals surface area contributed by atoms with Crippen LogP contribution in [-0.4, -0.2) is 49.8 Å². The van der Waals surface area contributed by atoms with E-state index in [2.05, 4.69) is 44.8 Å². The van der Waals surface area contributed by atoms with Crippen LogP contribution in [0.3, 0.4) is 0 Å². The van der Waals surface area contributed by atoms with Gasteiger partial charge in [0.25, 0.3) is 0 Å². The summed E-state index contributed by atoms with van der Waals surface area (Å²) in [6.45, 7) is 14.9. The molecule has 0 saturated carbocycles. The molecular formula is C15H32N2O. The zero-order valence-corrected chi connectivity index (χ0v) is 13.1. The van der Waals surface area contributed by atoms with Crippen LogP contribution >= 0.6 is 0 Å². The average molecular weight is 256 g/mol. The van der Waals surface area contributed by atoms with Gasteiger partial charge >= 0.3 is 0 Å². The van der Waals surface area contributed by atoms with Gasteiger partial charge < -0.3 is 10.1 Å². The molecular weight excluding hydrogens is 224 g/mol. The van der Waals surface area contributed by atoms with Crippen molar-refractivity contribution in [2.24, 2.45) is 5.41 Å². The Hall–Kier alpha value is -0.120. The number of methoxy groups -OCH3 is 1. The lowest BCUT2D eigenvalue weighted by atomic mass is 9.83. The molecule has 1 aliphatic rings. The van der Waals surface area contributed by atoms with Crippen molar-refractivity contribution in [3.63, 3.8) is 0 Å². The molecule has 0 amide bonds. The number of ether oxygens (including phenoxy) is 1. The van der Waals surface area contributed by atoms with E-state index < -0.39 is 0 Å². The highest BCUT2D eigenvalue weighted by molar-refractivity contribution is 4.88. The van der Waals surface area contributed by atoms with E-state index >= 15 is 0 Å². The fourth-order valence-corrected chi connectivity index (χ4v) is 2.87. The maximum atomic E-state index is 5.49. The quantitative estimate of drug-likeness (QED) is 0.790. The van der Waals surface area contributed by atoms with E-state index in [0.717, 1.165) is 6.54 Å². The number of nitrogens with zero attached hydrogens (tertiary/aromatic N) is 1. The van der Waals surface area contributed by atoms with E-state index in [1.165, 1.54) is 25.9 Å². The van der Waals surface area contributed by atoms with Gasteiger partial charge in [0.05, 0.1) is 6.10 Å². The summed E-state index contributed by atoms with van der Waals surface area (Å²) >= 11 is 0. The fourth-order valence-electron chi connectivity index (χ4n) is 2.87. The molecule has 0 radical (unpaired) electrons. The third kappa shape index (κ3) is 4.22. The molecule has 0 aliphatic carbocycles. The molecule has 3 atom stereocenters. The molecule has 0 bridgehead atoms. The second-order valence-electron chi connectivity index (χ2n) is 6.47. The van der Waals surface area contributed by atoms with Crippen molar-refractivity contribution < 1.29 is 4.74 Å². The molecule has 1 N–H and O–H groups in total. The first-order valence-electron chi connectivity index (χ1n) is 7.41. The standard InChI is InChI=1S/C15H32N2O/c1-7-16-13(3)15(4,5)11-17-9-8-14(18-6)10-12(17)2/h12-14,16H,7-11H2,1-6H3. The SMILES string of the molecule is CCNC(C)C(C)(C)CN1CCC(OC)CC1C. The number of rotatable bonds is 6. The summed E-state index contributed by atoms with van der Waals surface area (Å²) in [5.41, 5.74) is 0.310. The maximum absolute atomic E-state index is 5.49. The van der Waals surface area contributed by atoms with E-state index in [9.17, 15) is 0 Å². The zero-order valence-electron chi connectivity index (χ0n) is 13.1. The molecule has 18 heavy (non-hydrogen) atoms. The van der Waals surface area contributed by atoms with Crippen LogP contribution in [0, 0.1) is 5.41 Å². The normalized spacial score (nSPS) is 28.3. The van der Waals surface area contributed by atoms with Crippen molar-refractivity contribution in [2.45, 2.75) is 65.6 Å². The molecule has 0 aromatic heterocycles. The van der Waals surface area contributed by atoms with Crippen molar-refractivity contribution in [1.82, 2.24) is 10.2 Å². The van der Waals surface area contributed by atoms with Gasteiger partial charge in [-0.05, 0) is 38.6 Å². The van der Waals surface area contributed by atoms with Crippen LogP contribution in [-0.2, 0) is 4.74 Å². The van der Waals surface area contributed by atoms with Crippen LogP contribution in [0.2, 0.25) is 0 Å². The lowest BCUT2D eigenvalue weighted by Crippen LogP contribution is -2.51. The van der Waals surface area contributed by atoms with Crippen molar-refractivity contribution in [2.75, 3.05) is 26.7 Å². The van der Waals surface area contributed by atoms with Gasteiger partial charge in [0.2, 0.25) is 0 Å². The molecule has 1 rings (SSSR count). The minimum atomic E-state index is 0.310. The Kier molecular flexibility index (Phi) is 6.09. The topological polar surface area (TPSA) is 24.5 Å². The van der Waals surface area contributed by atoms with Crippen molar-refractivity contribution >= 4 is 0 Å². The van der Waals surface area contributed by atoms with E-state index in [-0.39, 0.29) is 0 Å². The molecule has 3 unspecified atom stereocenters. The Morgan fingerprint density at radius 3 is 2.61 bits per heavy atom. The van der Waals surface area contributed by atoms with Crippen LogP contribution in [0.25, 0.3) is 0 Å². The van der Waals surface area contributed by atoms with E-state index in [0.29, 0.717) is 23.6 Å². The first-order chi connectivity index (χ1) is 8.40. The molecule has 0 aromatic rings. The molecule has 108 valence electrons. The highest BCUT2D eigenvalue weighted by Crippen LogP contribution is 2.27. The van der Waals surface area contributed by atoms with Crippen LogP contribution in [0.1, 0.15) is 47.5 Å². The average Bonchev–Trinajstić information content (AvgIpc) is 2.32. The van der Waals surface area contributed by atoms with E-state index in [1.54, 1.807) is 0 Å². The van der Waals surface area contributed by atoms with Gasteiger partial charge in [-0.2, -0.15) is 0 Å². The first-order valence-corrected chi connectivity index (χ1v) is 7.41.